The maximum atomic E-state index is 12.4. The summed E-state index contributed by atoms with van der Waals surface area (Å²) in [6, 6.07) is 18.5. The average Bonchev–Trinajstić information content (AvgIpc) is 3.05. The molecule has 0 radical (unpaired) electrons. The molecule has 3 nitrogen and oxygen atoms in total. The molecule has 3 rings (SSSR count). The third-order valence-corrected chi connectivity index (χ3v) is 4.25. The van der Waals surface area contributed by atoms with Gasteiger partial charge in [0, 0.05) is 31.2 Å². The van der Waals surface area contributed by atoms with Gasteiger partial charge in [-0.25, -0.2) is 0 Å². The molecule has 2 aromatic rings. The van der Waals surface area contributed by atoms with Gasteiger partial charge in [-0.1, -0.05) is 62.4 Å². The van der Waals surface area contributed by atoms with E-state index in [9.17, 15) is 4.79 Å². The van der Waals surface area contributed by atoms with Gasteiger partial charge in [0.15, 0.2) is 0 Å². The lowest BCUT2D eigenvalue weighted by Gasteiger charge is -2.17. The number of amides is 1. The number of benzene rings is 2. The number of hydrogen-bond acceptors (Lipinski definition) is 2. The molecule has 1 unspecified atom stereocenters. The van der Waals surface area contributed by atoms with E-state index >= 15 is 0 Å². The number of likely N-dealkylation sites (tertiary alicyclic amines) is 1. The molecular formula is C21H28N2O. The van der Waals surface area contributed by atoms with Crippen LogP contribution in [0.3, 0.4) is 0 Å². The zero-order chi connectivity index (χ0) is 17.4. The summed E-state index contributed by atoms with van der Waals surface area (Å²) in [7, 11) is 0. The van der Waals surface area contributed by atoms with Crippen molar-refractivity contribution in [3.63, 3.8) is 0 Å². The van der Waals surface area contributed by atoms with E-state index in [-0.39, 0.29) is 11.9 Å². The van der Waals surface area contributed by atoms with E-state index < -0.39 is 0 Å². The zero-order valence-electron chi connectivity index (χ0n) is 15.0. The highest BCUT2D eigenvalue weighted by Crippen LogP contribution is 2.15. The summed E-state index contributed by atoms with van der Waals surface area (Å²) in [6.07, 6.45) is 1.02. The van der Waals surface area contributed by atoms with Gasteiger partial charge in [-0.05, 0) is 30.5 Å². The normalized spacial score (nSPS) is 17.0. The Bertz CT molecular complexity index is 639. The van der Waals surface area contributed by atoms with Crippen molar-refractivity contribution in [2.24, 2.45) is 0 Å². The number of carbonyl (C=O) groups is 1. The number of nitrogens with zero attached hydrogens (tertiary/aromatic N) is 1. The molecule has 1 fully saturated rings. The van der Waals surface area contributed by atoms with Crippen molar-refractivity contribution in [1.29, 1.82) is 0 Å². The Balaban J connectivity index is 0.00000100. The Morgan fingerprint density at radius 2 is 1.75 bits per heavy atom. The summed E-state index contributed by atoms with van der Waals surface area (Å²) in [4.78, 5) is 14.8. The van der Waals surface area contributed by atoms with Crippen LogP contribution in [0.5, 0.6) is 0 Å². The largest absolute Gasteiger partial charge is 0.348 e. The van der Waals surface area contributed by atoms with Crippen LogP contribution in [0.1, 0.15) is 41.8 Å². The Kier molecular flexibility index (Phi) is 7.01. The van der Waals surface area contributed by atoms with Crippen LogP contribution in [-0.4, -0.2) is 29.9 Å². The predicted octanol–water partition coefficient (Wildman–Crippen LogP) is 4.03. The highest BCUT2D eigenvalue weighted by Gasteiger charge is 2.24. The van der Waals surface area contributed by atoms with Gasteiger partial charge in [0.25, 0.3) is 5.91 Å². The van der Waals surface area contributed by atoms with Gasteiger partial charge in [-0.15, -0.1) is 0 Å². The smallest absolute Gasteiger partial charge is 0.251 e. The summed E-state index contributed by atoms with van der Waals surface area (Å²) in [5.74, 6) is 0.0460. The fraction of sp³-hybridized carbons (Fsp3) is 0.381. The summed E-state index contributed by atoms with van der Waals surface area (Å²) in [5.41, 5.74) is 3.14. The summed E-state index contributed by atoms with van der Waals surface area (Å²) in [6.45, 7) is 8.89. The highest BCUT2D eigenvalue weighted by molar-refractivity contribution is 5.95. The SMILES string of the molecule is CC.Cc1ccccc1C(=O)NC1CCN(Cc2ccccc2)C1. The first kappa shape index (κ1) is 18.2. The third-order valence-electron chi connectivity index (χ3n) is 4.25. The van der Waals surface area contributed by atoms with Crippen molar-refractivity contribution in [2.75, 3.05) is 13.1 Å². The second-order valence-electron chi connectivity index (χ2n) is 5.99. The lowest BCUT2D eigenvalue weighted by molar-refractivity contribution is 0.0937. The quantitative estimate of drug-likeness (QED) is 0.921. The number of nitrogens with one attached hydrogen (secondary N) is 1. The summed E-state index contributed by atoms with van der Waals surface area (Å²) >= 11 is 0. The van der Waals surface area contributed by atoms with E-state index in [0.717, 1.165) is 37.2 Å². The van der Waals surface area contributed by atoms with Crippen LogP contribution < -0.4 is 5.32 Å². The summed E-state index contributed by atoms with van der Waals surface area (Å²) in [5, 5.41) is 3.17. The van der Waals surface area contributed by atoms with E-state index in [2.05, 4.69) is 34.5 Å². The van der Waals surface area contributed by atoms with Crippen molar-refractivity contribution < 1.29 is 4.79 Å². The highest BCUT2D eigenvalue weighted by atomic mass is 16.1. The first-order chi connectivity index (χ1) is 11.7. The number of hydrogen-bond donors (Lipinski definition) is 1. The molecule has 0 aliphatic carbocycles. The number of aryl methyl sites for hydroxylation is 1. The maximum absolute atomic E-state index is 12.4. The van der Waals surface area contributed by atoms with Gasteiger partial charge in [0.05, 0.1) is 0 Å². The molecule has 1 atom stereocenters. The van der Waals surface area contributed by atoms with Crippen molar-refractivity contribution in [3.8, 4) is 0 Å². The topological polar surface area (TPSA) is 32.3 Å². The molecule has 0 saturated carbocycles. The van der Waals surface area contributed by atoms with Gasteiger partial charge < -0.3 is 5.32 Å². The predicted molar refractivity (Wildman–Crippen MR) is 100 cm³/mol. The molecule has 1 aliphatic heterocycles. The first-order valence-corrected chi connectivity index (χ1v) is 8.85. The molecule has 1 amide bonds. The lowest BCUT2D eigenvalue weighted by Crippen LogP contribution is -2.37. The van der Waals surface area contributed by atoms with Crippen molar-refractivity contribution in [2.45, 2.75) is 39.8 Å². The molecule has 24 heavy (non-hydrogen) atoms. The van der Waals surface area contributed by atoms with Crippen LogP contribution in [0.25, 0.3) is 0 Å². The third kappa shape index (κ3) is 4.93. The Morgan fingerprint density at radius 1 is 1.08 bits per heavy atom. The molecule has 0 spiro atoms. The van der Waals surface area contributed by atoms with Gasteiger partial charge >= 0.3 is 0 Å². The minimum atomic E-state index is 0.0460. The van der Waals surface area contributed by atoms with Crippen molar-refractivity contribution in [1.82, 2.24) is 10.2 Å². The molecule has 1 heterocycles. The minimum absolute atomic E-state index is 0.0460. The van der Waals surface area contributed by atoms with Crippen LogP contribution >= 0.6 is 0 Å². The molecule has 2 aromatic carbocycles. The van der Waals surface area contributed by atoms with Crippen LogP contribution in [0.2, 0.25) is 0 Å². The average molecular weight is 324 g/mol. The van der Waals surface area contributed by atoms with E-state index in [1.165, 1.54) is 5.56 Å². The molecule has 0 bridgehead atoms. The zero-order valence-corrected chi connectivity index (χ0v) is 15.0. The van der Waals surface area contributed by atoms with E-state index in [1.54, 1.807) is 0 Å². The molecular weight excluding hydrogens is 296 g/mol. The van der Waals surface area contributed by atoms with E-state index in [1.807, 2.05) is 51.1 Å². The Labute approximate surface area is 145 Å². The van der Waals surface area contributed by atoms with E-state index in [0.29, 0.717) is 0 Å². The first-order valence-electron chi connectivity index (χ1n) is 8.85. The maximum Gasteiger partial charge on any atom is 0.251 e. The lowest BCUT2D eigenvalue weighted by atomic mass is 10.1. The second-order valence-corrected chi connectivity index (χ2v) is 5.99. The van der Waals surface area contributed by atoms with Crippen LogP contribution in [0.4, 0.5) is 0 Å². The van der Waals surface area contributed by atoms with E-state index in [4.69, 9.17) is 0 Å². The number of carbonyl (C=O) groups excluding carboxylic acids is 1. The fourth-order valence-corrected chi connectivity index (χ4v) is 3.03. The van der Waals surface area contributed by atoms with Crippen LogP contribution in [0.15, 0.2) is 54.6 Å². The van der Waals surface area contributed by atoms with Gasteiger partial charge in [0.2, 0.25) is 0 Å². The monoisotopic (exact) mass is 324 g/mol. The molecule has 3 heteroatoms. The van der Waals surface area contributed by atoms with Gasteiger partial charge in [-0.2, -0.15) is 0 Å². The minimum Gasteiger partial charge on any atom is -0.348 e. The summed E-state index contributed by atoms with van der Waals surface area (Å²) < 4.78 is 0. The molecule has 0 aromatic heterocycles. The van der Waals surface area contributed by atoms with Gasteiger partial charge in [-0.3, -0.25) is 9.69 Å². The number of rotatable bonds is 4. The Hall–Kier alpha value is -2.13. The van der Waals surface area contributed by atoms with Crippen LogP contribution in [0, 0.1) is 6.92 Å². The standard InChI is InChI=1S/C19H22N2O.C2H6/c1-15-7-5-6-10-18(15)19(22)20-17-11-12-21(14-17)13-16-8-3-2-4-9-16;1-2/h2-10,17H,11-14H2,1H3,(H,20,22);1-2H3. The Morgan fingerprint density at radius 3 is 2.46 bits per heavy atom. The van der Waals surface area contributed by atoms with Gasteiger partial charge in [0.1, 0.15) is 0 Å². The van der Waals surface area contributed by atoms with Crippen molar-refractivity contribution in [3.05, 3.63) is 71.3 Å². The fourth-order valence-electron chi connectivity index (χ4n) is 3.03. The molecule has 1 aliphatic rings. The van der Waals surface area contributed by atoms with Crippen molar-refractivity contribution >= 4 is 5.91 Å². The van der Waals surface area contributed by atoms with Crippen LogP contribution in [-0.2, 0) is 6.54 Å². The molecule has 128 valence electrons. The molecule has 1 N–H and O–H groups in total. The molecule has 1 saturated heterocycles. The second kappa shape index (κ2) is 9.24.